The molecule has 0 saturated heterocycles. The van der Waals surface area contributed by atoms with Crippen LogP contribution in [-0.2, 0) is 0 Å². The second kappa shape index (κ2) is 7.68. The van der Waals surface area contributed by atoms with Gasteiger partial charge in [-0.25, -0.2) is 13.6 Å². The fourth-order valence-electron chi connectivity index (χ4n) is 2.01. The van der Waals surface area contributed by atoms with Gasteiger partial charge in [0.2, 0.25) is 0 Å². The number of ether oxygens (including phenoxy) is 1. The zero-order chi connectivity index (χ0) is 16.8. The number of rotatable bonds is 5. The maximum atomic E-state index is 13.8. The lowest BCUT2D eigenvalue weighted by molar-refractivity contribution is 0.0734. The molecule has 0 aliphatic heterocycles. The molecule has 2 aromatic rings. The van der Waals surface area contributed by atoms with Crippen LogP contribution in [0.2, 0.25) is 0 Å². The second-order valence-corrected chi connectivity index (χ2v) is 5.25. The summed E-state index contributed by atoms with van der Waals surface area (Å²) >= 11 is 0. The van der Waals surface area contributed by atoms with Gasteiger partial charge in [-0.05, 0) is 37.6 Å². The molecule has 0 atom stereocenters. The summed E-state index contributed by atoms with van der Waals surface area (Å²) in [7, 11) is 0. The highest BCUT2D eigenvalue weighted by atomic mass is 19.2. The van der Waals surface area contributed by atoms with Gasteiger partial charge < -0.3 is 4.74 Å². The Kier molecular flexibility index (Phi) is 5.63. The van der Waals surface area contributed by atoms with Crippen molar-refractivity contribution in [2.45, 2.75) is 26.7 Å². The molecular weight excluding hydrogens is 298 g/mol. The predicted molar refractivity (Wildman–Crippen MR) is 86.6 cm³/mol. The number of benzene rings is 2. The van der Waals surface area contributed by atoms with Crippen LogP contribution in [0.4, 0.5) is 8.78 Å². The van der Waals surface area contributed by atoms with Crippen LogP contribution >= 0.6 is 0 Å². The van der Waals surface area contributed by atoms with Crippen molar-refractivity contribution >= 4 is 11.8 Å². The van der Waals surface area contributed by atoms with Crippen LogP contribution in [0.1, 0.15) is 41.3 Å². The SMILES string of the molecule is CCC/C(F)=C(\F)c1ccc(C(=O)Oc2ccc(C)cc2)cc1. The Hall–Kier alpha value is -2.49. The molecule has 120 valence electrons. The van der Waals surface area contributed by atoms with Gasteiger partial charge in [-0.1, -0.05) is 36.8 Å². The Balaban J connectivity index is 2.11. The van der Waals surface area contributed by atoms with E-state index in [9.17, 15) is 13.6 Å². The number of halogens is 2. The quantitative estimate of drug-likeness (QED) is 0.528. The molecule has 0 amide bonds. The minimum absolute atomic E-state index is 0.0586. The maximum absolute atomic E-state index is 13.8. The van der Waals surface area contributed by atoms with E-state index in [0.29, 0.717) is 12.2 Å². The Labute approximate surface area is 134 Å². The molecule has 0 unspecified atom stereocenters. The van der Waals surface area contributed by atoms with E-state index in [1.165, 1.54) is 24.3 Å². The van der Waals surface area contributed by atoms with Gasteiger partial charge in [0.25, 0.3) is 0 Å². The normalized spacial score (nSPS) is 11.8. The molecule has 2 rings (SSSR count). The minimum Gasteiger partial charge on any atom is -0.423 e. The molecule has 0 fully saturated rings. The molecule has 0 heterocycles. The standard InChI is InChI=1S/C19H18F2O2/c1-3-4-17(20)18(21)14-7-9-15(10-8-14)19(22)23-16-11-5-13(2)6-12-16/h5-12H,3-4H2,1-2H3/b18-17+. The van der Waals surface area contributed by atoms with Crippen LogP contribution in [0.3, 0.4) is 0 Å². The molecule has 0 spiro atoms. The van der Waals surface area contributed by atoms with Gasteiger partial charge in [0, 0.05) is 12.0 Å². The van der Waals surface area contributed by atoms with E-state index in [2.05, 4.69) is 0 Å². The van der Waals surface area contributed by atoms with Gasteiger partial charge in [-0.15, -0.1) is 0 Å². The number of carbonyl (C=O) groups is 1. The van der Waals surface area contributed by atoms with E-state index in [1.54, 1.807) is 19.1 Å². The molecule has 0 saturated carbocycles. The number of aryl methyl sites for hydroxylation is 1. The van der Waals surface area contributed by atoms with E-state index in [1.807, 2.05) is 19.1 Å². The molecule has 0 N–H and O–H groups in total. The van der Waals surface area contributed by atoms with Crippen LogP contribution in [0, 0.1) is 6.92 Å². The van der Waals surface area contributed by atoms with Gasteiger partial charge >= 0.3 is 5.97 Å². The molecular formula is C19H18F2O2. The summed E-state index contributed by atoms with van der Waals surface area (Å²) in [6.07, 6.45) is 0.587. The molecule has 23 heavy (non-hydrogen) atoms. The van der Waals surface area contributed by atoms with Gasteiger partial charge in [0.1, 0.15) is 11.6 Å². The molecule has 0 aliphatic rings. The molecule has 4 heteroatoms. The Bertz CT molecular complexity index is 701. The monoisotopic (exact) mass is 316 g/mol. The van der Waals surface area contributed by atoms with Crippen molar-refractivity contribution in [2.24, 2.45) is 0 Å². The van der Waals surface area contributed by atoms with E-state index in [4.69, 9.17) is 4.74 Å². The summed E-state index contributed by atoms with van der Waals surface area (Å²) in [5, 5.41) is 0. The lowest BCUT2D eigenvalue weighted by Crippen LogP contribution is -2.08. The third-order valence-corrected chi connectivity index (χ3v) is 3.31. The topological polar surface area (TPSA) is 26.3 Å². The van der Waals surface area contributed by atoms with E-state index in [-0.39, 0.29) is 17.5 Å². The maximum Gasteiger partial charge on any atom is 0.343 e. The fourth-order valence-corrected chi connectivity index (χ4v) is 2.01. The highest BCUT2D eigenvalue weighted by Gasteiger charge is 2.12. The summed E-state index contributed by atoms with van der Waals surface area (Å²) in [5.41, 5.74) is 1.45. The third-order valence-electron chi connectivity index (χ3n) is 3.31. The Morgan fingerprint density at radius 1 is 0.957 bits per heavy atom. The van der Waals surface area contributed by atoms with Gasteiger partial charge in [-0.2, -0.15) is 0 Å². The number of allylic oxidation sites excluding steroid dienone is 1. The lowest BCUT2D eigenvalue weighted by Gasteiger charge is -2.06. The molecule has 0 radical (unpaired) electrons. The highest BCUT2D eigenvalue weighted by Crippen LogP contribution is 2.24. The van der Waals surface area contributed by atoms with E-state index in [0.717, 1.165) is 5.56 Å². The summed E-state index contributed by atoms with van der Waals surface area (Å²) in [5.74, 6) is -1.77. The van der Waals surface area contributed by atoms with Crippen LogP contribution < -0.4 is 4.74 Å². The van der Waals surface area contributed by atoms with Gasteiger partial charge in [-0.3, -0.25) is 0 Å². The smallest absolute Gasteiger partial charge is 0.343 e. The number of hydrogen-bond donors (Lipinski definition) is 0. The van der Waals surface area contributed by atoms with Gasteiger partial charge in [0.05, 0.1) is 5.56 Å². The average molecular weight is 316 g/mol. The predicted octanol–water partition coefficient (Wildman–Crippen LogP) is 5.62. The second-order valence-electron chi connectivity index (χ2n) is 5.25. The number of carbonyl (C=O) groups excluding carboxylic acids is 1. The molecule has 2 nitrogen and oxygen atoms in total. The fraction of sp³-hybridized carbons (Fsp3) is 0.211. The lowest BCUT2D eigenvalue weighted by atomic mass is 10.1. The molecule has 0 aliphatic carbocycles. The summed E-state index contributed by atoms with van der Waals surface area (Å²) in [4.78, 5) is 12.0. The van der Waals surface area contributed by atoms with Crippen molar-refractivity contribution in [1.82, 2.24) is 0 Å². The van der Waals surface area contributed by atoms with Crippen molar-refractivity contribution in [1.29, 1.82) is 0 Å². The first-order chi connectivity index (χ1) is 11.0. The minimum atomic E-state index is -0.884. The number of hydrogen-bond acceptors (Lipinski definition) is 2. The van der Waals surface area contributed by atoms with Crippen LogP contribution in [0.5, 0.6) is 5.75 Å². The summed E-state index contributed by atoms with van der Waals surface area (Å²) < 4.78 is 32.5. The molecule has 0 aromatic heterocycles. The van der Waals surface area contributed by atoms with Crippen LogP contribution in [0.15, 0.2) is 54.4 Å². The Morgan fingerprint density at radius 3 is 2.09 bits per heavy atom. The Morgan fingerprint density at radius 2 is 1.52 bits per heavy atom. The van der Waals surface area contributed by atoms with Gasteiger partial charge in [0.15, 0.2) is 5.83 Å². The first-order valence-corrected chi connectivity index (χ1v) is 7.44. The summed E-state index contributed by atoms with van der Waals surface area (Å²) in [6.45, 7) is 3.71. The molecule has 0 bridgehead atoms. The average Bonchev–Trinajstić information content (AvgIpc) is 2.56. The third kappa shape index (κ3) is 4.49. The van der Waals surface area contributed by atoms with E-state index >= 15 is 0 Å². The van der Waals surface area contributed by atoms with E-state index < -0.39 is 17.6 Å². The molecule has 2 aromatic carbocycles. The van der Waals surface area contributed by atoms with Crippen molar-refractivity contribution in [2.75, 3.05) is 0 Å². The first-order valence-electron chi connectivity index (χ1n) is 7.44. The first kappa shape index (κ1) is 16.9. The van der Waals surface area contributed by atoms with Crippen molar-refractivity contribution in [3.8, 4) is 5.75 Å². The largest absolute Gasteiger partial charge is 0.423 e. The van der Waals surface area contributed by atoms with Crippen molar-refractivity contribution in [3.05, 3.63) is 71.0 Å². The number of esters is 1. The summed E-state index contributed by atoms with van der Waals surface area (Å²) in [6, 6.07) is 12.7. The van der Waals surface area contributed by atoms with Crippen LogP contribution in [-0.4, -0.2) is 5.97 Å². The highest BCUT2D eigenvalue weighted by molar-refractivity contribution is 5.91. The van der Waals surface area contributed by atoms with Crippen molar-refractivity contribution in [3.63, 3.8) is 0 Å². The zero-order valence-electron chi connectivity index (χ0n) is 13.1. The zero-order valence-corrected chi connectivity index (χ0v) is 13.1. The van der Waals surface area contributed by atoms with Crippen molar-refractivity contribution < 1.29 is 18.3 Å². The van der Waals surface area contributed by atoms with Crippen LogP contribution in [0.25, 0.3) is 5.83 Å².